The van der Waals surface area contributed by atoms with E-state index in [1.807, 2.05) is 0 Å². The number of carbonyl (C=O) groups is 1. The van der Waals surface area contributed by atoms with Crippen LogP contribution in [0.1, 0.15) is 12.0 Å². The normalized spacial score (nSPS) is 31.6. The predicted octanol–water partition coefficient (Wildman–Crippen LogP) is 1.25. The molecular weight excluding hydrogens is 283 g/mol. The van der Waals surface area contributed by atoms with Crippen LogP contribution in [-0.4, -0.2) is 30.7 Å². The number of ether oxygens (including phenoxy) is 1. The van der Waals surface area contributed by atoms with E-state index in [1.165, 1.54) is 12.1 Å². The fourth-order valence-electron chi connectivity index (χ4n) is 3.03. The molecule has 1 heterocycles. The van der Waals surface area contributed by atoms with Crippen molar-refractivity contribution in [3.63, 3.8) is 0 Å². The Morgan fingerprint density at radius 1 is 1.55 bits per heavy atom. The molecule has 1 amide bonds. The van der Waals surface area contributed by atoms with Crippen molar-refractivity contribution in [2.45, 2.75) is 31.0 Å². The number of nitrogens with one attached hydrogen (secondary N) is 1. The van der Waals surface area contributed by atoms with Crippen molar-refractivity contribution in [1.29, 1.82) is 0 Å². The van der Waals surface area contributed by atoms with Crippen LogP contribution in [0.5, 0.6) is 0 Å². The number of halogens is 2. The Balaban J connectivity index is 1.63. The maximum absolute atomic E-state index is 13.6. The molecule has 1 saturated carbocycles. The van der Waals surface area contributed by atoms with Crippen molar-refractivity contribution in [2.75, 3.05) is 6.61 Å². The average molecular weight is 299 g/mol. The molecule has 1 aliphatic heterocycles. The van der Waals surface area contributed by atoms with Gasteiger partial charge in [-0.05, 0) is 18.6 Å². The van der Waals surface area contributed by atoms with E-state index in [9.17, 15) is 9.18 Å². The van der Waals surface area contributed by atoms with Crippen LogP contribution in [-0.2, 0) is 16.0 Å². The van der Waals surface area contributed by atoms with Gasteiger partial charge >= 0.3 is 0 Å². The zero-order valence-corrected chi connectivity index (χ0v) is 11.6. The van der Waals surface area contributed by atoms with Gasteiger partial charge in [0, 0.05) is 29.2 Å². The van der Waals surface area contributed by atoms with E-state index >= 15 is 0 Å². The van der Waals surface area contributed by atoms with Crippen LogP contribution in [0.15, 0.2) is 18.2 Å². The lowest BCUT2D eigenvalue weighted by molar-refractivity contribution is -0.125. The molecule has 4 nitrogen and oxygen atoms in total. The highest BCUT2D eigenvalue weighted by atomic mass is 35.5. The van der Waals surface area contributed by atoms with Gasteiger partial charge in [0.1, 0.15) is 5.82 Å². The fraction of sp³-hybridized carbons (Fsp3) is 0.500. The van der Waals surface area contributed by atoms with E-state index in [2.05, 4.69) is 5.32 Å². The molecule has 1 aromatic rings. The van der Waals surface area contributed by atoms with E-state index in [1.54, 1.807) is 6.07 Å². The Labute approximate surface area is 121 Å². The van der Waals surface area contributed by atoms with Crippen LogP contribution in [0.4, 0.5) is 4.39 Å². The summed E-state index contributed by atoms with van der Waals surface area (Å²) in [7, 11) is 0. The summed E-state index contributed by atoms with van der Waals surface area (Å²) >= 11 is 5.91. The van der Waals surface area contributed by atoms with Gasteiger partial charge in [-0.3, -0.25) is 4.79 Å². The summed E-state index contributed by atoms with van der Waals surface area (Å²) in [6, 6.07) is 4.11. The highest BCUT2D eigenvalue weighted by Crippen LogP contribution is 2.37. The van der Waals surface area contributed by atoms with Crippen molar-refractivity contribution in [3.05, 3.63) is 34.6 Å². The zero-order chi connectivity index (χ0) is 14.3. The average Bonchev–Trinajstić information content (AvgIpc) is 2.85. The summed E-state index contributed by atoms with van der Waals surface area (Å²) in [4.78, 5) is 12.0. The number of benzene rings is 1. The van der Waals surface area contributed by atoms with Crippen molar-refractivity contribution in [1.82, 2.24) is 5.32 Å². The molecule has 0 spiro atoms. The molecule has 2 fully saturated rings. The van der Waals surface area contributed by atoms with E-state index in [0.29, 0.717) is 12.5 Å². The molecule has 1 aromatic carbocycles. The van der Waals surface area contributed by atoms with Crippen molar-refractivity contribution >= 4 is 17.5 Å². The van der Waals surface area contributed by atoms with Gasteiger partial charge in [0.15, 0.2) is 0 Å². The third kappa shape index (κ3) is 2.30. The number of hydrogen-bond donors (Lipinski definition) is 2. The molecule has 6 heteroatoms. The van der Waals surface area contributed by atoms with Gasteiger partial charge in [-0.1, -0.05) is 17.7 Å². The largest absolute Gasteiger partial charge is 0.376 e. The van der Waals surface area contributed by atoms with Crippen LogP contribution in [0, 0.1) is 11.7 Å². The summed E-state index contributed by atoms with van der Waals surface area (Å²) in [5.41, 5.74) is 6.23. The lowest BCUT2D eigenvalue weighted by Gasteiger charge is -2.45. The minimum atomic E-state index is -0.472. The minimum absolute atomic E-state index is 0.00467. The first-order chi connectivity index (χ1) is 9.58. The van der Waals surface area contributed by atoms with Gasteiger partial charge in [0.2, 0.25) is 5.91 Å². The Hall–Kier alpha value is -1.17. The Kier molecular flexibility index (Phi) is 3.67. The van der Waals surface area contributed by atoms with Crippen molar-refractivity contribution in [2.24, 2.45) is 11.7 Å². The molecule has 2 aliphatic rings. The number of carbonyl (C=O) groups excluding carboxylic acids is 1. The third-order valence-electron chi connectivity index (χ3n) is 4.17. The molecule has 0 bridgehead atoms. The highest BCUT2D eigenvalue weighted by Gasteiger charge is 2.52. The second-order valence-electron chi connectivity index (χ2n) is 5.34. The Bertz CT molecular complexity index is 520. The van der Waals surface area contributed by atoms with Gasteiger partial charge in [-0.2, -0.15) is 0 Å². The molecule has 1 aliphatic carbocycles. The van der Waals surface area contributed by atoms with Crippen molar-refractivity contribution in [3.8, 4) is 0 Å². The lowest BCUT2D eigenvalue weighted by Crippen LogP contribution is -2.69. The Morgan fingerprint density at radius 3 is 3.10 bits per heavy atom. The third-order valence-corrected chi connectivity index (χ3v) is 4.53. The first kappa shape index (κ1) is 13.8. The van der Waals surface area contributed by atoms with Crippen molar-refractivity contribution < 1.29 is 13.9 Å². The number of nitrogens with two attached hydrogens (primary N) is 1. The van der Waals surface area contributed by atoms with Gasteiger partial charge in [0.25, 0.3) is 0 Å². The second-order valence-corrected chi connectivity index (χ2v) is 5.74. The number of rotatable bonds is 3. The molecule has 4 atom stereocenters. The first-order valence-electron chi connectivity index (χ1n) is 6.67. The number of amides is 1. The van der Waals surface area contributed by atoms with Crippen LogP contribution in [0.25, 0.3) is 0 Å². The van der Waals surface area contributed by atoms with Crippen LogP contribution >= 0.6 is 11.6 Å². The summed E-state index contributed by atoms with van der Waals surface area (Å²) in [5.74, 6) is -0.427. The minimum Gasteiger partial charge on any atom is -0.376 e. The van der Waals surface area contributed by atoms with E-state index in [0.717, 1.165) is 6.42 Å². The van der Waals surface area contributed by atoms with Gasteiger partial charge in [0.05, 0.1) is 18.6 Å². The lowest BCUT2D eigenvalue weighted by atomic mass is 9.72. The summed E-state index contributed by atoms with van der Waals surface area (Å²) in [6.07, 6.45) is 0.855. The molecule has 3 rings (SSSR count). The smallest absolute Gasteiger partial charge is 0.224 e. The zero-order valence-electron chi connectivity index (χ0n) is 10.8. The topological polar surface area (TPSA) is 64.3 Å². The molecule has 20 heavy (non-hydrogen) atoms. The standard InChI is InChI=1S/C14H16ClFN2O2/c15-9-2-1-3-10(16)8(9)6-11(19)18-13-12(17)7-4-5-20-14(7)13/h1-3,7,12-14H,4-6,17H2,(H,18,19). The molecule has 1 saturated heterocycles. The predicted molar refractivity (Wildman–Crippen MR) is 72.9 cm³/mol. The SMILES string of the molecule is NC1C2CCOC2C1NC(=O)Cc1c(F)cccc1Cl. The summed E-state index contributed by atoms with van der Waals surface area (Å²) in [5, 5.41) is 3.08. The first-order valence-corrected chi connectivity index (χ1v) is 7.05. The summed E-state index contributed by atoms with van der Waals surface area (Å²) in [6.45, 7) is 0.689. The monoisotopic (exact) mass is 298 g/mol. The second kappa shape index (κ2) is 5.31. The molecular formula is C14H16ClFN2O2. The molecule has 0 aromatic heterocycles. The Morgan fingerprint density at radius 2 is 2.35 bits per heavy atom. The maximum atomic E-state index is 13.6. The van der Waals surface area contributed by atoms with Gasteiger partial charge in [-0.25, -0.2) is 4.39 Å². The molecule has 4 unspecified atom stereocenters. The van der Waals surface area contributed by atoms with E-state index in [-0.39, 0.29) is 41.1 Å². The van der Waals surface area contributed by atoms with Crippen LogP contribution in [0.2, 0.25) is 5.02 Å². The van der Waals surface area contributed by atoms with Gasteiger partial charge < -0.3 is 15.8 Å². The van der Waals surface area contributed by atoms with Gasteiger partial charge in [-0.15, -0.1) is 0 Å². The van der Waals surface area contributed by atoms with Crippen LogP contribution in [0.3, 0.4) is 0 Å². The fourth-order valence-corrected chi connectivity index (χ4v) is 3.26. The highest BCUT2D eigenvalue weighted by molar-refractivity contribution is 6.31. The number of fused-ring (bicyclic) bond motifs is 1. The van der Waals surface area contributed by atoms with Crippen LogP contribution < -0.4 is 11.1 Å². The molecule has 108 valence electrons. The summed E-state index contributed by atoms with van der Waals surface area (Å²) < 4.78 is 19.2. The molecule has 3 N–H and O–H groups in total. The van der Waals surface area contributed by atoms with E-state index in [4.69, 9.17) is 22.1 Å². The van der Waals surface area contributed by atoms with E-state index < -0.39 is 5.82 Å². The maximum Gasteiger partial charge on any atom is 0.224 e. The number of hydrogen-bond acceptors (Lipinski definition) is 3. The molecule has 0 radical (unpaired) electrons. The quantitative estimate of drug-likeness (QED) is 0.883.